The molecule has 0 amide bonds. The minimum Gasteiger partial charge on any atom is -0.314 e. The Bertz CT molecular complexity index is 260. The Labute approximate surface area is 126 Å². The third-order valence-electron chi connectivity index (χ3n) is 5.68. The van der Waals surface area contributed by atoms with Crippen LogP contribution in [0.4, 0.5) is 0 Å². The quantitative estimate of drug-likeness (QED) is 0.789. The van der Waals surface area contributed by atoms with Crippen LogP contribution >= 0.6 is 0 Å². The van der Waals surface area contributed by atoms with Gasteiger partial charge >= 0.3 is 0 Å². The standard InChI is InChI=1S/C18H36N2/c1-4-19-18-12-11-15(3)13-16(18)14-20(5-2)17-9-7-6-8-10-17/h15-19H,4-14H2,1-3H3. The van der Waals surface area contributed by atoms with Crippen molar-refractivity contribution in [2.24, 2.45) is 11.8 Å². The van der Waals surface area contributed by atoms with Gasteiger partial charge in [-0.15, -0.1) is 0 Å². The van der Waals surface area contributed by atoms with E-state index < -0.39 is 0 Å². The van der Waals surface area contributed by atoms with E-state index in [9.17, 15) is 0 Å². The van der Waals surface area contributed by atoms with Crippen LogP contribution in [0, 0.1) is 11.8 Å². The van der Waals surface area contributed by atoms with Gasteiger partial charge in [-0.3, -0.25) is 0 Å². The average Bonchev–Trinajstić information content (AvgIpc) is 2.48. The summed E-state index contributed by atoms with van der Waals surface area (Å²) in [5.74, 6) is 1.81. The van der Waals surface area contributed by atoms with Gasteiger partial charge in [-0.1, -0.05) is 40.0 Å². The van der Waals surface area contributed by atoms with Gasteiger partial charge in [-0.2, -0.15) is 0 Å². The fraction of sp³-hybridized carbons (Fsp3) is 1.00. The van der Waals surface area contributed by atoms with Crippen molar-refractivity contribution in [3.05, 3.63) is 0 Å². The minimum atomic E-state index is 0.772. The highest BCUT2D eigenvalue weighted by Gasteiger charge is 2.31. The van der Waals surface area contributed by atoms with Crippen LogP contribution in [-0.2, 0) is 0 Å². The second-order valence-corrected chi connectivity index (χ2v) is 7.22. The zero-order valence-electron chi connectivity index (χ0n) is 14.0. The highest BCUT2D eigenvalue weighted by atomic mass is 15.2. The predicted molar refractivity (Wildman–Crippen MR) is 88.1 cm³/mol. The molecule has 2 aliphatic carbocycles. The van der Waals surface area contributed by atoms with Gasteiger partial charge in [0.15, 0.2) is 0 Å². The topological polar surface area (TPSA) is 15.3 Å². The lowest BCUT2D eigenvalue weighted by molar-refractivity contribution is 0.0999. The van der Waals surface area contributed by atoms with E-state index in [1.165, 1.54) is 64.5 Å². The summed E-state index contributed by atoms with van der Waals surface area (Å²) >= 11 is 0. The van der Waals surface area contributed by atoms with E-state index in [0.29, 0.717) is 0 Å². The smallest absolute Gasteiger partial charge is 0.0108 e. The first-order valence-electron chi connectivity index (χ1n) is 9.22. The second kappa shape index (κ2) is 8.38. The zero-order chi connectivity index (χ0) is 14.4. The van der Waals surface area contributed by atoms with Crippen LogP contribution < -0.4 is 5.32 Å². The van der Waals surface area contributed by atoms with Crippen molar-refractivity contribution >= 4 is 0 Å². The Hall–Kier alpha value is -0.0800. The monoisotopic (exact) mass is 280 g/mol. The summed E-state index contributed by atoms with van der Waals surface area (Å²) in [5.41, 5.74) is 0. The first-order valence-corrected chi connectivity index (χ1v) is 9.22. The Morgan fingerprint density at radius 3 is 2.40 bits per heavy atom. The number of rotatable bonds is 6. The molecule has 2 saturated carbocycles. The van der Waals surface area contributed by atoms with Gasteiger partial charge in [0.1, 0.15) is 0 Å². The summed E-state index contributed by atoms with van der Waals surface area (Å²) in [7, 11) is 0. The van der Waals surface area contributed by atoms with Crippen molar-refractivity contribution < 1.29 is 0 Å². The molecule has 2 rings (SSSR count). The van der Waals surface area contributed by atoms with Crippen LogP contribution in [-0.4, -0.2) is 36.6 Å². The normalized spacial score (nSPS) is 32.7. The summed E-state index contributed by atoms with van der Waals surface area (Å²) in [4.78, 5) is 2.81. The summed E-state index contributed by atoms with van der Waals surface area (Å²) < 4.78 is 0. The molecule has 0 aromatic heterocycles. The first-order chi connectivity index (χ1) is 9.74. The first kappa shape index (κ1) is 16.3. The molecule has 2 nitrogen and oxygen atoms in total. The van der Waals surface area contributed by atoms with Crippen LogP contribution in [0.3, 0.4) is 0 Å². The summed E-state index contributed by atoms with van der Waals surface area (Å²) in [5, 5.41) is 3.76. The Morgan fingerprint density at radius 1 is 1.00 bits per heavy atom. The van der Waals surface area contributed by atoms with Crippen molar-refractivity contribution in [1.29, 1.82) is 0 Å². The molecule has 118 valence electrons. The summed E-state index contributed by atoms with van der Waals surface area (Å²) in [6.07, 6.45) is 11.5. The van der Waals surface area contributed by atoms with Crippen molar-refractivity contribution in [2.75, 3.05) is 19.6 Å². The van der Waals surface area contributed by atoms with Crippen molar-refractivity contribution in [2.45, 2.75) is 84.2 Å². The summed E-state index contributed by atoms with van der Waals surface area (Å²) in [6.45, 7) is 10.8. The van der Waals surface area contributed by atoms with Gasteiger partial charge in [-0.25, -0.2) is 0 Å². The largest absolute Gasteiger partial charge is 0.314 e. The Balaban J connectivity index is 1.92. The van der Waals surface area contributed by atoms with Gasteiger partial charge in [0.2, 0.25) is 0 Å². The third kappa shape index (κ3) is 4.46. The van der Waals surface area contributed by atoms with E-state index in [-0.39, 0.29) is 0 Å². The number of nitrogens with zero attached hydrogens (tertiary/aromatic N) is 1. The molecule has 0 aliphatic heterocycles. The second-order valence-electron chi connectivity index (χ2n) is 7.22. The lowest BCUT2D eigenvalue weighted by atomic mass is 9.78. The molecule has 0 radical (unpaired) electrons. The van der Waals surface area contributed by atoms with Gasteiger partial charge in [0, 0.05) is 18.6 Å². The van der Waals surface area contributed by atoms with Crippen LogP contribution in [0.5, 0.6) is 0 Å². The maximum Gasteiger partial charge on any atom is 0.0108 e. The molecule has 3 atom stereocenters. The van der Waals surface area contributed by atoms with Gasteiger partial charge in [0.05, 0.1) is 0 Å². The molecule has 3 unspecified atom stereocenters. The van der Waals surface area contributed by atoms with Crippen LogP contribution in [0.15, 0.2) is 0 Å². The fourth-order valence-corrected chi connectivity index (χ4v) is 4.52. The van der Waals surface area contributed by atoms with E-state index in [4.69, 9.17) is 0 Å². The number of hydrogen-bond donors (Lipinski definition) is 1. The Morgan fingerprint density at radius 2 is 1.75 bits per heavy atom. The van der Waals surface area contributed by atoms with E-state index in [0.717, 1.165) is 30.5 Å². The fourth-order valence-electron chi connectivity index (χ4n) is 4.52. The minimum absolute atomic E-state index is 0.772. The maximum absolute atomic E-state index is 3.76. The van der Waals surface area contributed by atoms with Crippen LogP contribution in [0.1, 0.15) is 72.1 Å². The van der Waals surface area contributed by atoms with Crippen molar-refractivity contribution in [3.8, 4) is 0 Å². The van der Waals surface area contributed by atoms with Gasteiger partial charge in [0.25, 0.3) is 0 Å². The highest BCUT2D eigenvalue weighted by molar-refractivity contribution is 4.87. The molecule has 0 spiro atoms. The lowest BCUT2D eigenvalue weighted by Crippen LogP contribution is -2.48. The van der Waals surface area contributed by atoms with Crippen LogP contribution in [0.25, 0.3) is 0 Å². The average molecular weight is 280 g/mol. The van der Waals surface area contributed by atoms with Crippen LogP contribution in [0.2, 0.25) is 0 Å². The zero-order valence-corrected chi connectivity index (χ0v) is 14.0. The molecule has 0 bridgehead atoms. The van der Waals surface area contributed by atoms with Gasteiger partial charge in [-0.05, 0) is 57.0 Å². The molecule has 0 heterocycles. The predicted octanol–water partition coefficient (Wildman–Crippen LogP) is 4.06. The molecule has 2 aliphatic rings. The number of nitrogens with one attached hydrogen (secondary N) is 1. The van der Waals surface area contributed by atoms with E-state index in [1.54, 1.807) is 0 Å². The van der Waals surface area contributed by atoms with Crippen molar-refractivity contribution in [3.63, 3.8) is 0 Å². The van der Waals surface area contributed by atoms with E-state index in [2.05, 4.69) is 31.0 Å². The highest BCUT2D eigenvalue weighted by Crippen LogP contribution is 2.31. The molecular formula is C18H36N2. The SMILES string of the molecule is CCNC1CCC(C)CC1CN(CC)C1CCCCC1. The molecule has 0 aromatic rings. The summed E-state index contributed by atoms with van der Waals surface area (Å²) in [6, 6.07) is 1.65. The molecule has 0 saturated heterocycles. The molecule has 0 aromatic carbocycles. The molecule has 2 fully saturated rings. The number of hydrogen-bond acceptors (Lipinski definition) is 2. The molecular weight excluding hydrogens is 244 g/mol. The van der Waals surface area contributed by atoms with Crippen molar-refractivity contribution in [1.82, 2.24) is 10.2 Å². The molecule has 20 heavy (non-hydrogen) atoms. The van der Waals surface area contributed by atoms with Gasteiger partial charge < -0.3 is 10.2 Å². The van der Waals surface area contributed by atoms with E-state index in [1.807, 2.05) is 0 Å². The van der Waals surface area contributed by atoms with E-state index >= 15 is 0 Å². The lowest BCUT2D eigenvalue weighted by Gasteiger charge is -2.41. The molecule has 1 N–H and O–H groups in total. The third-order valence-corrected chi connectivity index (χ3v) is 5.68. The maximum atomic E-state index is 3.76. The molecule has 2 heteroatoms. The Kier molecular flexibility index (Phi) is 6.83.